The monoisotopic (exact) mass is 298 g/mol. The highest BCUT2D eigenvalue weighted by Crippen LogP contribution is 2.20. The molecule has 0 heterocycles. The van der Waals surface area contributed by atoms with Gasteiger partial charge < -0.3 is 15.7 Å². The van der Waals surface area contributed by atoms with E-state index in [0.717, 1.165) is 25.0 Å². The molecule has 1 saturated carbocycles. The van der Waals surface area contributed by atoms with E-state index in [1.807, 2.05) is 0 Å². The Hall–Kier alpha value is -1.53. The van der Waals surface area contributed by atoms with Gasteiger partial charge in [-0.25, -0.2) is 8.78 Å². The first-order chi connectivity index (χ1) is 10.1. The molecular formula is C15H20F2N2O2. The van der Waals surface area contributed by atoms with Crippen LogP contribution in [0.5, 0.6) is 0 Å². The van der Waals surface area contributed by atoms with Crippen molar-refractivity contribution in [2.24, 2.45) is 0 Å². The third-order valence-electron chi connectivity index (χ3n) is 3.37. The number of hydrogen-bond donors (Lipinski definition) is 3. The summed E-state index contributed by atoms with van der Waals surface area (Å²) >= 11 is 0. The second-order valence-corrected chi connectivity index (χ2v) is 5.30. The predicted octanol–water partition coefficient (Wildman–Crippen LogP) is 1.65. The molecule has 1 amide bonds. The molecule has 0 bridgehead atoms. The maximum absolute atomic E-state index is 13.4. The van der Waals surface area contributed by atoms with Crippen LogP contribution in [-0.4, -0.2) is 30.1 Å². The van der Waals surface area contributed by atoms with E-state index in [2.05, 4.69) is 10.6 Å². The summed E-state index contributed by atoms with van der Waals surface area (Å²) in [6.45, 7) is 0.549. The van der Waals surface area contributed by atoms with Crippen LogP contribution in [0.25, 0.3) is 0 Å². The van der Waals surface area contributed by atoms with Crippen molar-refractivity contribution in [2.75, 3.05) is 13.1 Å². The summed E-state index contributed by atoms with van der Waals surface area (Å²) in [5.41, 5.74) is -0.323. The maximum atomic E-state index is 13.4. The molecule has 21 heavy (non-hydrogen) atoms. The van der Waals surface area contributed by atoms with Crippen LogP contribution in [0.4, 0.5) is 8.78 Å². The Bertz CT molecular complexity index is 472. The van der Waals surface area contributed by atoms with Crippen LogP contribution in [-0.2, 0) is 4.79 Å². The highest BCUT2D eigenvalue weighted by molar-refractivity contribution is 5.76. The zero-order valence-electron chi connectivity index (χ0n) is 11.7. The van der Waals surface area contributed by atoms with Gasteiger partial charge in [0.05, 0.1) is 11.7 Å². The van der Waals surface area contributed by atoms with Crippen molar-refractivity contribution in [3.8, 4) is 0 Å². The Balaban J connectivity index is 1.64. The van der Waals surface area contributed by atoms with Crippen LogP contribution in [0.15, 0.2) is 18.2 Å². The minimum Gasteiger partial charge on any atom is -0.387 e. The Morgan fingerprint density at radius 2 is 2.00 bits per heavy atom. The molecule has 0 radical (unpaired) electrons. The minimum atomic E-state index is -1.24. The topological polar surface area (TPSA) is 61.4 Å². The van der Waals surface area contributed by atoms with Gasteiger partial charge in [0.25, 0.3) is 0 Å². The summed E-state index contributed by atoms with van der Waals surface area (Å²) in [4.78, 5) is 11.4. The summed E-state index contributed by atoms with van der Waals surface area (Å²) in [6.07, 6.45) is 1.90. The lowest BCUT2D eigenvalue weighted by atomic mass is 10.1. The zero-order chi connectivity index (χ0) is 15.2. The standard InChI is InChI=1S/C15H20F2N2O2/c16-11-3-1-4-12(17)15(11)13(20)9-18-8-2-5-14(21)19-10-6-7-10/h1,3-4,10,13,18,20H,2,5-9H2,(H,19,21). The van der Waals surface area contributed by atoms with Crippen molar-refractivity contribution < 1.29 is 18.7 Å². The number of aliphatic hydroxyl groups is 1. The van der Waals surface area contributed by atoms with E-state index in [1.165, 1.54) is 6.07 Å². The summed E-state index contributed by atoms with van der Waals surface area (Å²) in [5.74, 6) is -1.48. The largest absolute Gasteiger partial charge is 0.387 e. The summed E-state index contributed by atoms with van der Waals surface area (Å²) in [6, 6.07) is 3.84. The molecule has 1 aliphatic carbocycles. The summed E-state index contributed by atoms with van der Waals surface area (Å²) in [7, 11) is 0. The van der Waals surface area contributed by atoms with E-state index < -0.39 is 17.7 Å². The van der Waals surface area contributed by atoms with E-state index in [0.29, 0.717) is 25.4 Å². The first-order valence-electron chi connectivity index (χ1n) is 7.20. The molecule has 1 atom stereocenters. The SMILES string of the molecule is O=C(CCCNCC(O)c1c(F)cccc1F)NC1CC1. The van der Waals surface area contributed by atoms with Crippen LogP contribution in [0, 0.1) is 11.6 Å². The Labute approximate surface area is 122 Å². The van der Waals surface area contributed by atoms with Crippen molar-refractivity contribution in [1.29, 1.82) is 0 Å². The third-order valence-corrected chi connectivity index (χ3v) is 3.37. The number of aliphatic hydroxyl groups excluding tert-OH is 1. The normalized spacial score (nSPS) is 15.8. The van der Waals surface area contributed by atoms with Crippen molar-refractivity contribution >= 4 is 5.91 Å². The number of rotatable bonds is 8. The summed E-state index contributed by atoms with van der Waals surface area (Å²) in [5, 5.41) is 15.6. The molecular weight excluding hydrogens is 278 g/mol. The fraction of sp³-hybridized carbons (Fsp3) is 0.533. The highest BCUT2D eigenvalue weighted by atomic mass is 19.1. The van der Waals surface area contributed by atoms with Gasteiger partial charge in [0, 0.05) is 19.0 Å². The first-order valence-corrected chi connectivity index (χ1v) is 7.20. The Morgan fingerprint density at radius 3 is 2.62 bits per heavy atom. The van der Waals surface area contributed by atoms with E-state index in [1.54, 1.807) is 0 Å². The molecule has 116 valence electrons. The number of halogens is 2. The molecule has 3 N–H and O–H groups in total. The molecule has 6 heteroatoms. The van der Waals surface area contributed by atoms with Gasteiger partial charge in [-0.2, -0.15) is 0 Å². The molecule has 0 spiro atoms. The van der Waals surface area contributed by atoms with Gasteiger partial charge in [0.2, 0.25) is 5.91 Å². The predicted molar refractivity (Wildman–Crippen MR) is 74.6 cm³/mol. The number of hydrogen-bond acceptors (Lipinski definition) is 3. The quantitative estimate of drug-likeness (QED) is 0.640. The highest BCUT2D eigenvalue weighted by Gasteiger charge is 2.22. The van der Waals surface area contributed by atoms with E-state index >= 15 is 0 Å². The van der Waals surface area contributed by atoms with Crippen LogP contribution in [0.1, 0.15) is 37.4 Å². The van der Waals surface area contributed by atoms with Gasteiger partial charge in [-0.05, 0) is 37.9 Å². The first kappa shape index (κ1) is 15.9. The van der Waals surface area contributed by atoms with Crippen LogP contribution in [0.3, 0.4) is 0 Å². The second kappa shape index (κ2) is 7.47. The van der Waals surface area contributed by atoms with Crippen molar-refractivity contribution in [3.05, 3.63) is 35.4 Å². The Kier molecular flexibility index (Phi) is 5.64. The molecule has 1 aromatic rings. The minimum absolute atomic E-state index is 0.0278. The fourth-order valence-corrected chi connectivity index (χ4v) is 2.07. The lowest BCUT2D eigenvalue weighted by Crippen LogP contribution is -2.28. The summed E-state index contributed by atoms with van der Waals surface area (Å²) < 4.78 is 26.9. The van der Waals surface area contributed by atoms with Crippen molar-refractivity contribution in [3.63, 3.8) is 0 Å². The van der Waals surface area contributed by atoms with Gasteiger partial charge in [-0.15, -0.1) is 0 Å². The average Bonchev–Trinajstić information content (AvgIpc) is 3.22. The van der Waals surface area contributed by atoms with Crippen molar-refractivity contribution in [2.45, 2.75) is 37.8 Å². The van der Waals surface area contributed by atoms with Gasteiger partial charge in [0.1, 0.15) is 11.6 Å². The average molecular weight is 298 g/mol. The number of amides is 1. The lowest BCUT2D eigenvalue weighted by Gasteiger charge is -2.13. The molecule has 2 rings (SSSR count). The molecule has 4 nitrogen and oxygen atoms in total. The van der Waals surface area contributed by atoms with Crippen LogP contribution < -0.4 is 10.6 Å². The molecule has 0 aromatic heterocycles. The Morgan fingerprint density at radius 1 is 1.33 bits per heavy atom. The zero-order valence-corrected chi connectivity index (χ0v) is 11.7. The number of carbonyl (C=O) groups is 1. The van der Waals surface area contributed by atoms with Gasteiger partial charge in [0.15, 0.2) is 0 Å². The molecule has 0 aliphatic heterocycles. The number of carbonyl (C=O) groups excluding carboxylic acids is 1. The fourth-order valence-electron chi connectivity index (χ4n) is 2.07. The van der Waals surface area contributed by atoms with E-state index in [4.69, 9.17) is 0 Å². The van der Waals surface area contributed by atoms with Gasteiger partial charge >= 0.3 is 0 Å². The third kappa shape index (κ3) is 5.06. The van der Waals surface area contributed by atoms with Crippen molar-refractivity contribution in [1.82, 2.24) is 10.6 Å². The molecule has 1 fully saturated rings. The van der Waals surface area contributed by atoms with E-state index in [9.17, 15) is 18.7 Å². The van der Waals surface area contributed by atoms with Crippen LogP contribution >= 0.6 is 0 Å². The molecule has 1 aromatic carbocycles. The van der Waals surface area contributed by atoms with Gasteiger partial charge in [-0.3, -0.25) is 4.79 Å². The number of nitrogens with one attached hydrogen (secondary N) is 2. The number of benzene rings is 1. The lowest BCUT2D eigenvalue weighted by molar-refractivity contribution is -0.121. The van der Waals surface area contributed by atoms with Gasteiger partial charge in [-0.1, -0.05) is 6.07 Å². The molecule has 1 unspecified atom stereocenters. The smallest absolute Gasteiger partial charge is 0.220 e. The van der Waals surface area contributed by atoms with Crippen LogP contribution in [0.2, 0.25) is 0 Å². The van der Waals surface area contributed by atoms with E-state index in [-0.39, 0.29) is 18.0 Å². The maximum Gasteiger partial charge on any atom is 0.220 e. The second-order valence-electron chi connectivity index (χ2n) is 5.30. The molecule has 0 saturated heterocycles. The molecule has 1 aliphatic rings.